The van der Waals surface area contributed by atoms with Gasteiger partial charge < -0.3 is 9.57 Å². The van der Waals surface area contributed by atoms with E-state index in [1.54, 1.807) is 0 Å². The second kappa shape index (κ2) is 4.35. The molecule has 4 nitrogen and oxygen atoms in total. The average Bonchev–Trinajstić information content (AvgIpc) is 2.78. The first kappa shape index (κ1) is 10.7. The fourth-order valence-electron chi connectivity index (χ4n) is 1.59. The van der Waals surface area contributed by atoms with E-state index in [-0.39, 0.29) is 12.6 Å². The highest BCUT2D eigenvalue weighted by atomic mass is 16.7. The molecule has 1 aromatic rings. The Kier molecular flexibility index (Phi) is 2.90. The van der Waals surface area contributed by atoms with Crippen molar-refractivity contribution in [3.05, 3.63) is 35.9 Å². The van der Waals surface area contributed by atoms with Crippen LogP contribution in [0.3, 0.4) is 0 Å². The molecule has 1 aliphatic rings. The molecule has 1 unspecified atom stereocenters. The van der Waals surface area contributed by atoms with Crippen molar-refractivity contribution in [3.8, 4) is 0 Å². The minimum absolute atomic E-state index is 0.156. The highest BCUT2D eigenvalue weighted by Gasteiger charge is 2.39. The van der Waals surface area contributed by atoms with Gasteiger partial charge in [0.15, 0.2) is 0 Å². The van der Waals surface area contributed by atoms with E-state index in [1.165, 1.54) is 6.92 Å². The summed E-state index contributed by atoms with van der Waals surface area (Å²) in [5.74, 6) is -0.328. The van der Waals surface area contributed by atoms with E-state index in [1.807, 2.05) is 30.3 Å². The maximum atomic E-state index is 10.8. The Morgan fingerprint density at radius 2 is 2.31 bits per heavy atom. The molecule has 0 N–H and O–H groups in total. The number of carbonyl (C=O) groups is 1. The summed E-state index contributed by atoms with van der Waals surface area (Å²) in [4.78, 5) is 16.2. The predicted molar refractivity (Wildman–Crippen MR) is 57.9 cm³/mol. The van der Waals surface area contributed by atoms with E-state index in [0.717, 1.165) is 5.56 Å². The van der Waals surface area contributed by atoms with Crippen LogP contribution in [0.4, 0.5) is 0 Å². The van der Waals surface area contributed by atoms with Crippen molar-refractivity contribution in [1.82, 2.24) is 0 Å². The van der Waals surface area contributed by atoms with Crippen LogP contribution in [0.5, 0.6) is 0 Å². The third-order valence-corrected chi connectivity index (χ3v) is 2.46. The van der Waals surface area contributed by atoms with Gasteiger partial charge in [-0.1, -0.05) is 35.5 Å². The van der Waals surface area contributed by atoms with Crippen molar-refractivity contribution in [2.75, 3.05) is 6.61 Å². The molecule has 0 saturated carbocycles. The molecule has 0 bridgehead atoms. The Bertz CT molecular complexity index is 392. The number of benzene rings is 1. The van der Waals surface area contributed by atoms with Crippen LogP contribution in [0.25, 0.3) is 0 Å². The summed E-state index contributed by atoms with van der Waals surface area (Å²) in [7, 11) is 0. The van der Waals surface area contributed by atoms with Gasteiger partial charge in [0, 0.05) is 18.9 Å². The van der Waals surface area contributed by atoms with Crippen LogP contribution in [0.2, 0.25) is 0 Å². The molecule has 0 aliphatic carbocycles. The Morgan fingerprint density at radius 3 is 2.88 bits per heavy atom. The van der Waals surface area contributed by atoms with Crippen LogP contribution in [-0.2, 0) is 20.0 Å². The first-order chi connectivity index (χ1) is 7.73. The second-order valence-corrected chi connectivity index (χ2v) is 3.66. The van der Waals surface area contributed by atoms with Crippen LogP contribution >= 0.6 is 0 Å². The number of nitrogens with zero attached hydrogens (tertiary/aromatic N) is 1. The van der Waals surface area contributed by atoms with Gasteiger partial charge in [0.1, 0.15) is 12.8 Å². The van der Waals surface area contributed by atoms with Gasteiger partial charge in [-0.3, -0.25) is 4.79 Å². The normalized spacial score (nSPS) is 22.8. The van der Waals surface area contributed by atoms with Gasteiger partial charge in [-0.25, -0.2) is 0 Å². The molecule has 83 valence electrons. The molecule has 1 atom stereocenters. The molecule has 1 radical (unpaired) electrons. The molecule has 0 spiro atoms. The topological polar surface area (TPSA) is 47.9 Å². The molecule has 0 saturated heterocycles. The van der Waals surface area contributed by atoms with Crippen LogP contribution in [0.15, 0.2) is 35.5 Å². The lowest BCUT2D eigenvalue weighted by Gasteiger charge is -2.25. The first-order valence-electron chi connectivity index (χ1n) is 5.03. The fraction of sp³-hybridized carbons (Fsp3) is 0.333. The van der Waals surface area contributed by atoms with Crippen molar-refractivity contribution in [3.63, 3.8) is 0 Å². The number of carbonyl (C=O) groups excluding carboxylic acids is 1. The van der Waals surface area contributed by atoms with Gasteiger partial charge in [0.25, 0.3) is 0 Å². The number of rotatable bonds is 3. The number of esters is 1. The largest absolute Gasteiger partial charge is 0.461 e. The van der Waals surface area contributed by atoms with E-state index >= 15 is 0 Å². The number of hydrogen-bond donors (Lipinski definition) is 0. The molecule has 2 rings (SSSR count). The van der Waals surface area contributed by atoms with Crippen LogP contribution in [0, 0.1) is 0 Å². The van der Waals surface area contributed by atoms with Gasteiger partial charge in [-0.15, -0.1) is 0 Å². The summed E-state index contributed by atoms with van der Waals surface area (Å²) in [6.45, 7) is 1.53. The molecule has 16 heavy (non-hydrogen) atoms. The van der Waals surface area contributed by atoms with Gasteiger partial charge >= 0.3 is 5.97 Å². The molecule has 0 fully saturated rings. The standard InChI is InChI=1S/C12H12NO3/c1-10(14)15-9-12(7-8-13-16-12)11-5-3-2-4-6-11/h2-6H,7,9H2,1H3. The zero-order valence-corrected chi connectivity index (χ0v) is 8.97. The molecule has 1 aliphatic heterocycles. The third kappa shape index (κ3) is 2.05. The van der Waals surface area contributed by atoms with Crippen LogP contribution in [-0.4, -0.2) is 18.8 Å². The Balaban J connectivity index is 2.19. The van der Waals surface area contributed by atoms with Crippen molar-refractivity contribution >= 4 is 12.2 Å². The maximum absolute atomic E-state index is 10.8. The fourth-order valence-corrected chi connectivity index (χ4v) is 1.59. The monoisotopic (exact) mass is 218 g/mol. The highest BCUT2D eigenvalue weighted by Crippen LogP contribution is 2.32. The lowest BCUT2D eigenvalue weighted by Crippen LogP contribution is -2.32. The number of ether oxygens (including phenoxy) is 1. The molecular weight excluding hydrogens is 206 g/mol. The quantitative estimate of drug-likeness (QED) is 0.726. The summed E-state index contributed by atoms with van der Waals surface area (Å²) in [6.07, 6.45) is 3.24. The lowest BCUT2D eigenvalue weighted by atomic mass is 9.92. The van der Waals surface area contributed by atoms with Gasteiger partial charge in [-0.05, 0) is 0 Å². The Hall–Kier alpha value is -1.84. The predicted octanol–water partition coefficient (Wildman–Crippen LogP) is 1.73. The second-order valence-electron chi connectivity index (χ2n) is 3.66. The van der Waals surface area contributed by atoms with E-state index < -0.39 is 5.60 Å². The van der Waals surface area contributed by atoms with Crippen molar-refractivity contribution in [2.45, 2.75) is 18.9 Å². The van der Waals surface area contributed by atoms with E-state index in [2.05, 4.69) is 11.4 Å². The van der Waals surface area contributed by atoms with Crippen molar-refractivity contribution < 1.29 is 14.4 Å². The summed E-state index contributed by atoms with van der Waals surface area (Å²) in [5.41, 5.74) is 0.234. The molecular formula is C12H12NO3. The Morgan fingerprint density at radius 1 is 1.56 bits per heavy atom. The molecule has 1 heterocycles. The summed E-state index contributed by atoms with van der Waals surface area (Å²) in [5, 5.41) is 3.65. The van der Waals surface area contributed by atoms with Gasteiger partial charge in [0.05, 0.1) is 0 Å². The molecule has 0 amide bonds. The Labute approximate surface area is 93.9 Å². The average molecular weight is 218 g/mol. The molecule has 1 aromatic carbocycles. The zero-order chi connectivity index (χ0) is 11.4. The zero-order valence-electron chi connectivity index (χ0n) is 8.97. The maximum Gasteiger partial charge on any atom is 0.302 e. The summed E-state index contributed by atoms with van der Waals surface area (Å²) in [6, 6.07) is 9.58. The third-order valence-electron chi connectivity index (χ3n) is 2.46. The van der Waals surface area contributed by atoms with E-state index in [4.69, 9.17) is 9.57 Å². The number of hydrogen-bond acceptors (Lipinski definition) is 4. The smallest absolute Gasteiger partial charge is 0.302 e. The highest BCUT2D eigenvalue weighted by molar-refractivity contribution is 5.66. The van der Waals surface area contributed by atoms with Crippen LogP contribution < -0.4 is 0 Å². The minimum Gasteiger partial charge on any atom is -0.461 e. The van der Waals surface area contributed by atoms with Gasteiger partial charge in [0.2, 0.25) is 5.60 Å². The summed E-state index contributed by atoms with van der Waals surface area (Å²) < 4.78 is 5.02. The SMILES string of the molecule is CC(=O)OCC1(c2ccccc2)C[C]=NO1. The molecule has 4 heteroatoms. The summed E-state index contributed by atoms with van der Waals surface area (Å²) >= 11 is 0. The lowest BCUT2D eigenvalue weighted by molar-refractivity contribution is -0.152. The molecule has 0 aromatic heterocycles. The first-order valence-corrected chi connectivity index (χ1v) is 5.03. The van der Waals surface area contributed by atoms with Crippen LogP contribution in [0.1, 0.15) is 18.9 Å². The van der Waals surface area contributed by atoms with E-state index in [0.29, 0.717) is 6.42 Å². The minimum atomic E-state index is -0.701. The van der Waals surface area contributed by atoms with Crippen molar-refractivity contribution in [1.29, 1.82) is 0 Å². The van der Waals surface area contributed by atoms with Gasteiger partial charge in [-0.2, -0.15) is 0 Å². The van der Waals surface area contributed by atoms with E-state index in [9.17, 15) is 4.79 Å². The van der Waals surface area contributed by atoms with Crippen molar-refractivity contribution in [2.24, 2.45) is 5.16 Å².